The summed E-state index contributed by atoms with van der Waals surface area (Å²) in [5.74, 6) is 1.24. The fourth-order valence-corrected chi connectivity index (χ4v) is 4.23. The number of benzene rings is 1. The van der Waals surface area contributed by atoms with Crippen molar-refractivity contribution in [1.29, 1.82) is 0 Å². The molecule has 2 aromatic heterocycles. The van der Waals surface area contributed by atoms with E-state index in [1.54, 1.807) is 18.5 Å². The van der Waals surface area contributed by atoms with Gasteiger partial charge in [-0.25, -0.2) is 0 Å². The van der Waals surface area contributed by atoms with Gasteiger partial charge in [-0.15, -0.1) is 10.2 Å². The quantitative estimate of drug-likeness (QED) is 0.606. The Morgan fingerprint density at radius 2 is 1.97 bits per heavy atom. The molecule has 3 aromatic rings. The number of nitrogens with one attached hydrogen (secondary N) is 1. The van der Waals surface area contributed by atoms with Crippen LogP contribution in [-0.2, 0) is 4.79 Å². The van der Waals surface area contributed by atoms with Crippen LogP contribution in [-0.4, -0.2) is 32.6 Å². The summed E-state index contributed by atoms with van der Waals surface area (Å²) in [6.45, 7) is 0. The minimum atomic E-state index is -0.525. The lowest BCUT2D eigenvalue weighted by molar-refractivity contribution is -0.113. The molecule has 30 heavy (non-hydrogen) atoms. The molecule has 0 bridgehead atoms. The summed E-state index contributed by atoms with van der Waals surface area (Å²) >= 11 is 1.18. The zero-order valence-corrected chi connectivity index (χ0v) is 17.0. The predicted octanol–water partition coefficient (Wildman–Crippen LogP) is 4.29. The fourth-order valence-electron chi connectivity index (χ4n) is 3.66. The van der Waals surface area contributed by atoms with Gasteiger partial charge in [0.2, 0.25) is 11.8 Å². The lowest BCUT2D eigenvalue weighted by atomic mass is 9.94. The van der Waals surface area contributed by atoms with Gasteiger partial charge >= 0.3 is 0 Å². The minimum absolute atomic E-state index is 0.146. The Balaban J connectivity index is 1.17. The van der Waals surface area contributed by atoms with E-state index in [4.69, 9.17) is 13.9 Å². The molecule has 2 aliphatic rings. The molecule has 154 valence electrons. The molecule has 0 unspecified atom stereocenters. The predicted molar refractivity (Wildman–Crippen MR) is 110 cm³/mol. The number of aromatic nitrogens is 3. The van der Waals surface area contributed by atoms with Crippen LogP contribution >= 0.6 is 11.8 Å². The minimum Gasteiger partial charge on any atom is -0.448 e. The van der Waals surface area contributed by atoms with E-state index >= 15 is 0 Å². The van der Waals surface area contributed by atoms with Crippen LogP contribution in [0.3, 0.4) is 0 Å². The summed E-state index contributed by atoms with van der Waals surface area (Å²) in [7, 11) is 0. The van der Waals surface area contributed by atoms with Crippen molar-refractivity contribution in [1.82, 2.24) is 15.2 Å². The summed E-state index contributed by atoms with van der Waals surface area (Å²) in [5, 5.41) is 11.2. The molecule has 1 amide bonds. The van der Waals surface area contributed by atoms with E-state index < -0.39 is 5.79 Å². The monoisotopic (exact) mass is 424 g/mol. The first-order valence-corrected chi connectivity index (χ1v) is 10.9. The number of rotatable bonds is 5. The number of anilines is 1. The van der Waals surface area contributed by atoms with Crippen molar-refractivity contribution in [3.8, 4) is 23.0 Å². The second-order valence-corrected chi connectivity index (χ2v) is 8.22. The topological polar surface area (TPSA) is 99.4 Å². The third-order valence-corrected chi connectivity index (χ3v) is 5.89. The second-order valence-electron chi connectivity index (χ2n) is 7.29. The van der Waals surface area contributed by atoms with Crippen molar-refractivity contribution in [2.45, 2.75) is 43.1 Å². The normalized spacial score (nSPS) is 16.5. The van der Waals surface area contributed by atoms with Gasteiger partial charge in [0.05, 0.1) is 11.3 Å². The lowest BCUT2D eigenvalue weighted by Gasteiger charge is -2.31. The van der Waals surface area contributed by atoms with E-state index in [9.17, 15) is 4.79 Å². The molecule has 0 saturated heterocycles. The molecular formula is C21H20N4O4S. The Bertz CT molecular complexity index is 1050. The number of ether oxygens (including phenoxy) is 2. The first-order chi connectivity index (χ1) is 14.7. The summed E-state index contributed by atoms with van der Waals surface area (Å²) in [5.41, 5.74) is 1.40. The number of hydrogen-bond acceptors (Lipinski definition) is 8. The molecule has 1 fully saturated rings. The highest BCUT2D eigenvalue weighted by molar-refractivity contribution is 7.99. The molecule has 1 aliphatic carbocycles. The molecular weight excluding hydrogens is 404 g/mol. The average molecular weight is 424 g/mol. The molecule has 0 atom stereocenters. The molecule has 3 heterocycles. The van der Waals surface area contributed by atoms with Crippen LogP contribution in [0.4, 0.5) is 5.69 Å². The zero-order valence-electron chi connectivity index (χ0n) is 16.2. The molecule has 8 nitrogen and oxygen atoms in total. The second kappa shape index (κ2) is 7.98. The van der Waals surface area contributed by atoms with Gasteiger partial charge in [0, 0.05) is 37.0 Å². The lowest BCUT2D eigenvalue weighted by Crippen LogP contribution is -2.40. The molecule has 1 aliphatic heterocycles. The Morgan fingerprint density at radius 1 is 1.10 bits per heavy atom. The summed E-state index contributed by atoms with van der Waals surface area (Å²) in [4.78, 5) is 16.4. The van der Waals surface area contributed by atoms with Gasteiger partial charge in [0.25, 0.3) is 11.0 Å². The van der Waals surface area contributed by atoms with Crippen molar-refractivity contribution >= 4 is 23.4 Å². The van der Waals surface area contributed by atoms with Gasteiger partial charge < -0.3 is 19.2 Å². The third-order valence-electron chi connectivity index (χ3n) is 5.08. The Morgan fingerprint density at radius 3 is 2.80 bits per heavy atom. The van der Waals surface area contributed by atoms with E-state index in [0.29, 0.717) is 22.6 Å². The maximum absolute atomic E-state index is 12.4. The maximum Gasteiger partial charge on any atom is 0.277 e. The highest BCUT2D eigenvalue weighted by Gasteiger charge is 2.42. The average Bonchev–Trinajstić information content (AvgIpc) is 3.38. The third kappa shape index (κ3) is 3.97. The van der Waals surface area contributed by atoms with Crippen LogP contribution in [0.2, 0.25) is 0 Å². The van der Waals surface area contributed by atoms with Gasteiger partial charge in [-0.2, -0.15) is 0 Å². The standard InChI is InChI=1S/C21H20N4O4S/c26-18(13-30-20-25-24-19(27-20)14-5-4-10-22-12-14)23-15-6-7-16-17(11-15)29-21(28-16)8-2-1-3-9-21/h4-7,10-12H,1-3,8-9,13H2,(H,23,26). The van der Waals surface area contributed by atoms with E-state index in [1.165, 1.54) is 18.2 Å². The van der Waals surface area contributed by atoms with Crippen LogP contribution < -0.4 is 14.8 Å². The van der Waals surface area contributed by atoms with Crippen LogP contribution in [0.15, 0.2) is 52.4 Å². The number of amides is 1. The van der Waals surface area contributed by atoms with Gasteiger partial charge in [0.15, 0.2) is 11.5 Å². The Kier molecular flexibility index (Phi) is 5.04. The number of hydrogen-bond donors (Lipinski definition) is 1. The van der Waals surface area contributed by atoms with Gasteiger partial charge in [-0.3, -0.25) is 9.78 Å². The smallest absolute Gasteiger partial charge is 0.277 e. The van der Waals surface area contributed by atoms with Crippen LogP contribution in [0.5, 0.6) is 11.5 Å². The highest BCUT2D eigenvalue weighted by atomic mass is 32.2. The van der Waals surface area contributed by atoms with Crippen LogP contribution in [0, 0.1) is 0 Å². The zero-order chi connectivity index (χ0) is 20.4. The number of carbonyl (C=O) groups excluding carboxylic acids is 1. The summed E-state index contributed by atoms with van der Waals surface area (Å²) in [6, 6.07) is 9.11. The summed E-state index contributed by atoms with van der Waals surface area (Å²) in [6.07, 6.45) is 8.53. The molecule has 1 spiro atoms. The Hall–Kier alpha value is -3.07. The number of pyridine rings is 1. The van der Waals surface area contributed by atoms with Crippen molar-refractivity contribution in [3.05, 3.63) is 42.7 Å². The summed E-state index contributed by atoms with van der Waals surface area (Å²) < 4.78 is 17.8. The number of thioether (sulfide) groups is 1. The molecule has 1 N–H and O–H groups in total. The molecule has 1 saturated carbocycles. The number of fused-ring (bicyclic) bond motifs is 1. The first kappa shape index (κ1) is 18.9. The van der Waals surface area contributed by atoms with E-state index in [0.717, 1.165) is 37.0 Å². The van der Waals surface area contributed by atoms with E-state index in [-0.39, 0.29) is 11.7 Å². The number of carbonyl (C=O) groups is 1. The van der Waals surface area contributed by atoms with Crippen molar-refractivity contribution in [2.24, 2.45) is 0 Å². The van der Waals surface area contributed by atoms with E-state index in [1.807, 2.05) is 24.3 Å². The maximum atomic E-state index is 12.4. The first-order valence-electron chi connectivity index (χ1n) is 9.88. The molecule has 1 aromatic carbocycles. The largest absolute Gasteiger partial charge is 0.448 e. The molecule has 0 radical (unpaired) electrons. The number of nitrogens with zero attached hydrogens (tertiary/aromatic N) is 3. The Labute approximate surface area is 177 Å². The fraction of sp³-hybridized carbons (Fsp3) is 0.333. The van der Waals surface area contributed by atoms with Crippen LogP contribution in [0.1, 0.15) is 32.1 Å². The van der Waals surface area contributed by atoms with Crippen molar-refractivity contribution < 1.29 is 18.7 Å². The van der Waals surface area contributed by atoms with Gasteiger partial charge in [0.1, 0.15) is 0 Å². The van der Waals surface area contributed by atoms with Crippen LogP contribution in [0.25, 0.3) is 11.5 Å². The SMILES string of the molecule is O=C(CSc1nnc(-c2cccnc2)o1)Nc1ccc2c(c1)OC1(CCCCC1)O2. The molecule has 5 rings (SSSR count). The van der Waals surface area contributed by atoms with Gasteiger partial charge in [-0.1, -0.05) is 18.2 Å². The van der Waals surface area contributed by atoms with Crippen molar-refractivity contribution in [3.63, 3.8) is 0 Å². The molecule has 9 heteroatoms. The van der Waals surface area contributed by atoms with E-state index in [2.05, 4.69) is 20.5 Å². The van der Waals surface area contributed by atoms with Gasteiger partial charge in [-0.05, 0) is 37.1 Å². The highest BCUT2D eigenvalue weighted by Crippen LogP contribution is 2.46. The van der Waals surface area contributed by atoms with Crippen molar-refractivity contribution in [2.75, 3.05) is 11.1 Å².